The molecule has 2 aromatic carbocycles. The molecule has 0 saturated carbocycles. The second-order valence-electron chi connectivity index (χ2n) is 5.71. The standard InChI is InChI=1S/C19H18F2N2O/c1-2-18(23-12-11-22-13-23)19(24,14-3-7-16(20)8-4-14)15-5-9-17(21)10-6-15/h3-13,18,24H,2H2,1H3. The van der Waals surface area contributed by atoms with E-state index in [1.165, 1.54) is 24.3 Å². The number of imidazole rings is 1. The summed E-state index contributed by atoms with van der Waals surface area (Å²) < 4.78 is 28.5. The van der Waals surface area contributed by atoms with E-state index in [-0.39, 0.29) is 17.7 Å². The van der Waals surface area contributed by atoms with Gasteiger partial charge in [0.2, 0.25) is 0 Å². The number of aliphatic hydroxyl groups is 1. The van der Waals surface area contributed by atoms with Crippen molar-refractivity contribution in [2.45, 2.75) is 25.0 Å². The summed E-state index contributed by atoms with van der Waals surface area (Å²) in [6.45, 7) is 1.95. The average molecular weight is 328 g/mol. The minimum absolute atomic E-state index is 0.379. The molecule has 0 aliphatic rings. The third kappa shape index (κ3) is 2.83. The normalized spacial score (nSPS) is 13.0. The lowest BCUT2D eigenvalue weighted by Crippen LogP contribution is -2.37. The predicted molar refractivity (Wildman–Crippen MR) is 87.4 cm³/mol. The van der Waals surface area contributed by atoms with Gasteiger partial charge in [-0.2, -0.15) is 0 Å². The number of aromatic nitrogens is 2. The van der Waals surface area contributed by atoms with Crippen LogP contribution in [-0.2, 0) is 5.60 Å². The SMILES string of the molecule is CCC(n1ccnc1)C(O)(c1ccc(F)cc1)c1ccc(F)cc1. The van der Waals surface area contributed by atoms with Crippen LogP contribution in [0.4, 0.5) is 8.78 Å². The molecule has 24 heavy (non-hydrogen) atoms. The molecule has 1 atom stereocenters. The van der Waals surface area contributed by atoms with Crippen LogP contribution in [0.2, 0.25) is 0 Å². The highest BCUT2D eigenvalue weighted by molar-refractivity contribution is 5.38. The molecule has 0 fully saturated rings. The third-order valence-electron chi connectivity index (χ3n) is 4.32. The van der Waals surface area contributed by atoms with E-state index < -0.39 is 5.60 Å². The van der Waals surface area contributed by atoms with Crippen molar-refractivity contribution in [2.24, 2.45) is 0 Å². The first-order valence-electron chi connectivity index (χ1n) is 7.77. The first kappa shape index (κ1) is 16.3. The number of halogens is 2. The molecule has 1 heterocycles. The maximum atomic E-state index is 13.3. The molecule has 0 aliphatic heterocycles. The van der Waals surface area contributed by atoms with Crippen LogP contribution >= 0.6 is 0 Å². The fraction of sp³-hybridized carbons (Fsp3) is 0.211. The van der Waals surface area contributed by atoms with E-state index in [1.54, 1.807) is 43.0 Å². The molecule has 0 saturated heterocycles. The van der Waals surface area contributed by atoms with Gasteiger partial charge < -0.3 is 9.67 Å². The molecule has 1 aromatic heterocycles. The maximum absolute atomic E-state index is 13.3. The van der Waals surface area contributed by atoms with Crippen LogP contribution < -0.4 is 0 Å². The fourth-order valence-corrected chi connectivity index (χ4v) is 3.14. The molecular weight excluding hydrogens is 310 g/mol. The predicted octanol–water partition coefficient (Wildman–Crippen LogP) is 4.05. The summed E-state index contributed by atoms with van der Waals surface area (Å²) in [6, 6.07) is 11.1. The van der Waals surface area contributed by atoms with Crippen LogP contribution in [0, 0.1) is 11.6 Å². The summed E-state index contributed by atoms with van der Waals surface area (Å²) in [7, 11) is 0. The van der Waals surface area contributed by atoms with Crippen molar-refractivity contribution >= 4 is 0 Å². The van der Waals surface area contributed by atoms with E-state index in [2.05, 4.69) is 4.98 Å². The van der Waals surface area contributed by atoms with Gasteiger partial charge in [0.05, 0.1) is 12.4 Å². The summed E-state index contributed by atoms with van der Waals surface area (Å²) >= 11 is 0. The number of nitrogens with zero attached hydrogens (tertiary/aromatic N) is 2. The van der Waals surface area contributed by atoms with Crippen LogP contribution in [0.15, 0.2) is 67.3 Å². The number of hydrogen-bond acceptors (Lipinski definition) is 2. The highest BCUT2D eigenvalue weighted by Crippen LogP contribution is 2.41. The molecule has 3 nitrogen and oxygen atoms in total. The Morgan fingerprint density at radius 3 is 1.88 bits per heavy atom. The van der Waals surface area contributed by atoms with Gasteiger partial charge in [0.1, 0.15) is 17.2 Å². The Balaban J connectivity index is 2.19. The fourth-order valence-electron chi connectivity index (χ4n) is 3.14. The molecule has 5 heteroatoms. The van der Waals surface area contributed by atoms with Gasteiger partial charge >= 0.3 is 0 Å². The molecule has 0 bridgehead atoms. The molecule has 1 N–H and O–H groups in total. The molecule has 0 amide bonds. The zero-order valence-corrected chi connectivity index (χ0v) is 13.2. The van der Waals surface area contributed by atoms with E-state index in [0.29, 0.717) is 17.5 Å². The van der Waals surface area contributed by atoms with E-state index >= 15 is 0 Å². The molecule has 0 spiro atoms. The van der Waals surface area contributed by atoms with Crippen LogP contribution in [0.3, 0.4) is 0 Å². The molecule has 0 radical (unpaired) electrons. The highest BCUT2D eigenvalue weighted by Gasteiger charge is 2.40. The van der Waals surface area contributed by atoms with Crippen LogP contribution in [-0.4, -0.2) is 14.7 Å². The lowest BCUT2D eigenvalue weighted by atomic mass is 9.79. The molecular formula is C19H18F2N2O. The lowest BCUT2D eigenvalue weighted by molar-refractivity contribution is 0.0200. The summed E-state index contributed by atoms with van der Waals surface area (Å²) in [4.78, 5) is 4.05. The highest BCUT2D eigenvalue weighted by atomic mass is 19.1. The van der Waals surface area contributed by atoms with E-state index in [9.17, 15) is 13.9 Å². The number of rotatable bonds is 5. The Kier molecular flexibility index (Phi) is 4.44. The van der Waals surface area contributed by atoms with Gasteiger partial charge in [0, 0.05) is 12.4 Å². The van der Waals surface area contributed by atoms with Gasteiger partial charge in [-0.25, -0.2) is 13.8 Å². The van der Waals surface area contributed by atoms with Crippen molar-refractivity contribution < 1.29 is 13.9 Å². The second kappa shape index (κ2) is 6.53. The van der Waals surface area contributed by atoms with Crippen LogP contribution in [0.1, 0.15) is 30.5 Å². The summed E-state index contributed by atoms with van der Waals surface area (Å²) in [5.41, 5.74) is -0.372. The van der Waals surface area contributed by atoms with Crippen molar-refractivity contribution in [2.75, 3.05) is 0 Å². The Morgan fingerprint density at radius 1 is 1.00 bits per heavy atom. The van der Waals surface area contributed by atoms with Gasteiger partial charge in [0.15, 0.2) is 0 Å². The first-order valence-corrected chi connectivity index (χ1v) is 7.77. The number of hydrogen-bond donors (Lipinski definition) is 1. The van der Waals surface area contributed by atoms with Gasteiger partial charge in [-0.15, -0.1) is 0 Å². The van der Waals surface area contributed by atoms with Gasteiger partial charge in [-0.3, -0.25) is 0 Å². The summed E-state index contributed by atoms with van der Waals surface area (Å²) in [5.74, 6) is -0.758. The second-order valence-corrected chi connectivity index (χ2v) is 5.71. The van der Waals surface area contributed by atoms with Crippen LogP contribution in [0.5, 0.6) is 0 Å². The zero-order chi connectivity index (χ0) is 17.2. The average Bonchev–Trinajstić information content (AvgIpc) is 3.10. The molecule has 1 unspecified atom stereocenters. The van der Waals surface area contributed by atoms with Crippen molar-refractivity contribution in [3.05, 3.63) is 90.0 Å². The van der Waals surface area contributed by atoms with Gasteiger partial charge in [-0.05, 0) is 41.8 Å². The first-order chi connectivity index (χ1) is 11.6. The number of benzene rings is 2. The van der Waals surface area contributed by atoms with Crippen molar-refractivity contribution in [1.82, 2.24) is 9.55 Å². The van der Waals surface area contributed by atoms with Crippen molar-refractivity contribution in [3.8, 4) is 0 Å². The molecule has 3 rings (SSSR count). The summed E-state index contributed by atoms with van der Waals surface area (Å²) in [5, 5.41) is 11.7. The van der Waals surface area contributed by atoms with E-state index in [4.69, 9.17) is 0 Å². The van der Waals surface area contributed by atoms with Gasteiger partial charge in [-0.1, -0.05) is 31.2 Å². The largest absolute Gasteiger partial charge is 0.378 e. The molecule has 0 aliphatic carbocycles. The Bertz CT molecular complexity index is 738. The Labute approximate surface area is 139 Å². The third-order valence-corrected chi connectivity index (χ3v) is 4.32. The smallest absolute Gasteiger partial charge is 0.135 e. The van der Waals surface area contributed by atoms with Crippen LogP contribution in [0.25, 0.3) is 0 Å². The minimum atomic E-state index is -1.45. The van der Waals surface area contributed by atoms with E-state index in [1.807, 2.05) is 11.5 Å². The van der Waals surface area contributed by atoms with Crippen molar-refractivity contribution in [3.63, 3.8) is 0 Å². The zero-order valence-electron chi connectivity index (χ0n) is 13.2. The molecule has 3 aromatic rings. The quantitative estimate of drug-likeness (QED) is 0.767. The van der Waals surface area contributed by atoms with Crippen molar-refractivity contribution in [1.29, 1.82) is 0 Å². The van der Waals surface area contributed by atoms with Gasteiger partial charge in [0.25, 0.3) is 0 Å². The summed E-state index contributed by atoms with van der Waals surface area (Å²) in [6.07, 6.45) is 5.64. The minimum Gasteiger partial charge on any atom is -0.378 e. The van der Waals surface area contributed by atoms with E-state index in [0.717, 1.165) is 0 Å². The maximum Gasteiger partial charge on any atom is 0.135 e. The topological polar surface area (TPSA) is 38.0 Å². The molecule has 124 valence electrons. The monoisotopic (exact) mass is 328 g/mol. The Hall–Kier alpha value is -2.53. The Morgan fingerprint density at radius 2 is 1.50 bits per heavy atom. The lowest BCUT2D eigenvalue weighted by Gasteiger charge is -2.37.